The van der Waals surface area contributed by atoms with E-state index in [4.69, 9.17) is 27.9 Å². The Bertz CT molecular complexity index is 276. The molecule has 0 atom stereocenters. The van der Waals surface area contributed by atoms with E-state index in [9.17, 15) is 0 Å². The first-order valence-corrected chi connectivity index (χ1v) is 4.91. The highest BCUT2D eigenvalue weighted by atomic mass is 35.5. The summed E-state index contributed by atoms with van der Waals surface area (Å²) in [5.41, 5.74) is 0. The van der Waals surface area contributed by atoms with Gasteiger partial charge in [0.1, 0.15) is 10.3 Å². The number of methoxy groups -OCH3 is 1. The van der Waals surface area contributed by atoms with Crippen molar-refractivity contribution in [1.29, 1.82) is 0 Å². The summed E-state index contributed by atoms with van der Waals surface area (Å²) in [4.78, 5) is 7.90. The van der Waals surface area contributed by atoms with E-state index in [1.54, 1.807) is 7.11 Å². The van der Waals surface area contributed by atoms with Gasteiger partial charge in [-0.3, -0.25) is 0 Å². The van der Waals surface area contributed by atoms with Gasteiger partial charge < -0.3 is 10.1 Å². The lowest BCUT2D eigenvalue weighted by molar-refractivity contribution is 0.197. The van der Waals surface area contributed by atoms with Crippen LogP contribution in [0.5, 0.6) is 0 Å². The molecule has 14 heavy (non-hydrogen) atoms. The van der Waals surface area contributed by atoms with Crippen LogP contribution in [0.15, 0.2) is 6.07 Å². The van der Waals surface area contributed by atoms with E-state index in [0.717, 1.165) is 13.0 Å². The van der Waals surface area contributed by atoms with Crippen molar-refractivity contribution in [3.63, 3.8) is 0 Å². The van der Waals surface area contributed by atoms with Gasteiger partial charge in [0.2, 0.25) is 5.95 Å². The summed E-state index contributed by atoms with van der Waals surface area (Å²) in [7, 11) is 1.66. The predicted molar refractivity (Wildman–Crippen MR) is 57.0 cm³/mol. The molecule has 0 unspecified atom stereocenters. The van der Waals surface area contributed by atoms with E-state index >= 15 is 0 Å². The van der Waals surface area contributed by atoms with E-state index in [0.29, 0.717) is 22.9 Å². The number of nitrogens with one attached hydrogen (secondary N) is 1. The molecular weight excluding hydrogens is 225 g/mol. The summed E-state index contributed by atoms with van der Waals surface area (Å²) < 4.78 is 4.89. The van der Waals surface area contributed by atoms with Gasteiger partial charge in [-0.2, -0.15) is 0 Å². The Morgan fingerprint density at radius 3 is 2.57 bits per heavy atom. The second kappa shape index (κ2) is 6.01. The fraction of sp³-hybridized carbons (Fsp3) is 0.500. The van der Waals surface area contributed by atoms with Crippen molar-refractivity contribution in [2.75, 3.05) is 25.6 Å². The maximum atomic E-state index is 5.69. The Morgan fingerprint density at radius 1 is 1.36 bits per heavy atom. The Kier molecular flexibility index (Phi) is 4.93. The maximum Gasteiger partial charge on any atom is 0.225 e. The van der Waals surface area contributed by atoms with Gasteiger partial charge in [0.05, 0.1) is 0 Å². The van der Waals surface area contributed by atoms with Crippen LogP contribution in [-0.2, 0) is 4.74 Å². The zero-order valence-corrected chi connectivity index (χ0v) is 9.27. The van der Waals surface area contributed by atoms with Gasteiger partial charge in [0.15, 0.2) is 0 Å². The normalized spacial score (nSPS) is 10.2. The van der Waals surface area contributed by atoms with Crippen molar-refractivity contribution in [1.82, 2.24) is 9.97 Å². The van der Waals surface area contributed by atoms with Gasteiger partial charge in [-0.15, -0.1) is 0 Å². The first-order chi connectivity index (χ1) is 6.72. The van der Waals surface area contributed by atoms with Crippen molar-refractivity contribution in [3.8, 4) is 0 Å². The van der Waals surface area contributed by atoms with Crippen LogP contribution >= 0.6 is 23.2 Å². The highest BCUT2D eigenvalue weighted by Gasteiger charge is 2.00. The van der Waals surface area contributed by atoms with Crippen LogP contribution in [-0.4, -0.2) is 30.2 Å². The molecule has 1 aromatic rings. The lowest BCUT2D eigenvalue weighted by Gasteiger charge is -2.04. The quantitative estimate of drug-likeness (QED) is 0.629. The Balaban J connectivity index is 2.42. The molecule has 0 aliphatic heterocycles. The monoisotopic (exact) mass is 235 g/mol. The molecule has 0 aromatic carbocycles. The van der Waals surface area contributed by atoms with Gasteiger partial charge in [-0.25, -0.2) is 9.97 Å². The van der Waals surface area contributed by atoms with E-state index in [2.05, 4.69) is 15.3 Å². The molecule has 0 saturated carbocycles. The third kappa shape index (κ3) is 4.09. The van der Waals surface area contributed by atoms with E-state index < -0.39 is 0 Å². The maximum absolute atomic E-state index is 5.69. The number of halogens is 2. The third-order valence-electron chi connectivity index (χ3n) is 1.47. The number of aromatic nitrogens is 2. The van der Waals surface area contributed by atoms with Crippen LogP contribution in [0.3, 0.4) is 0 Å². The fourth-order valence-corrected chi connectivity index (χ4v) is 1.31. The Morgan fingerprint density at radius 2 is 2.00 bits per heavy atom. The van der Waals surface area contributed by atoms with Gasteiger partial charge >= 0.3 is 0 Å². The molecule has 0 amide bonds. The summed E-state index contributed by atoms with van der Waals surface area (Å²) in [6.07, 6.45) is 0.879. The molecule has 6 heteroatoms. The van der Waals surface area contributed by atoms with E-state index in [1.807, 2.05) is 0 Å². The fourth-order valence-electron chi connectivity index (χ4n) is 0.886. The second-order valence-electron chi connectivity index (χ2n) is 2.61. The molecule has 1 heterocycles. The van der Waals surface area contributed by atoms with Crippen LogP contribution in [0.4, 0.5) is 5.95 Å². The highest BCUT2D eigenvalue weighted by molar-refractivity contribution is 6.33. The number of hydrogen-bond donors (Lipinski definition) is 1. The molecule has 0 fully saturated rings. The molecule has 1 rings (SSSR count). The standard InChI is InChI=1S/C8H11Cl2N3O/c1-14-4-2-3-11-8-12-6(9)5-7(10)13-8/h5H,2-4H2,1H3,(H,11,12,13). The largest absolute Gasteiger partial charge is 0.385 e. The number of hydrogen-bond acceptors (Lipinski definition) is 4. The van der Waals surface area contributed by atoms with Crippen molar-refractivity contribution in [3.05, 3.63) is 16.4 Å². The molecule has 1 aromatic heterocycles. The number of ether oxygens (including phenoxy) is 1. The molecule has 0 saturated heterocycles. The number of nitrogens with zero attached hydrogens (tertiary/aromatic N) is 2. The minimum Gasteiger partial charge on any atom is -0.385 e. The molecule has 0 radical (unpaired) electrons. The number of anilines is 1. The van der Waals surface area contributed by atoms with Gasteiger partial charge in [0, 0.05) is 26.3 Å². The predicted octanol–water partition coefficient (Wildman–Crippen LogP) is 2.23. The summed E-state index contributed by atoms with van der Waals surface area (Å²) in [6, 6.07) is 1.49. The molecule has 0 spiro atoms. The molecular formula is C8H11Cl2N3O. The number of rotatable bonds is 5. The summed E-state index contributed by atoms with van der Waals surface area (Å²) in [5.74, 6) is 0.443. The molecule has 1 N–H and O–H groups in total. The van der Waals surface area contributed by atoms with Crippen LogP contribution in [0.2, 0.25) is 10.3 Å². The van der Waals surface area contributed by atoms with Gasteiger partial charge in [0.25, 0.3) is 0 Å². The van der Waals surface area contributed by atoms with Gasteiger partial charge in [-0.1, -0.05) is 23.2 Å². The zero-order valence-electron chi connectivity index (χ0n) is 7.76. The average molecular weight is 236 g/mol. The lowest BCUT2D eigenvalue weighted by Crippen LogP contribution is -2.07. The van der Waals surface area contributed by atoms with Crippen molar-refractivity contribution in [2.45, 2.75) is 6.42 Å². The summed E-state index contributed by atoms with van der Waals surface area (Å²) in [6.45, 7) is 1.42. The van der Waals surface area contributed by atoms with E-state index in [1.165, 1.54) is 6.07 Å². The first-order valence-electron chi connectivity index (χ1n) is 4.15. The van der Waals surface area contributed by atoms with Gasteiger partial charge in [-0.05, 0) is 6.42 Å². The van der Waals surface area contributed by atoms with Crippen LogP contribution in [0.1, 0.15) is 6.42 Å². The second-order valence-corrected chi connectivity index (χ2v) is 3.38. The van der Waals surface area contributed by atoms with Crippen LogP contribution in [0.25, 0.3) is 0 Å². The average Bonchev–Trinajstić information content (AvgIpc) is 2.11. The molecule has 0 aliphatic rings. The van der Waals surface area contributed by atoms with Crippen LogP contribution < -0.4 is 5.32 Å². The molecule has 4 nitrogen and oxygen atoms in total. The lowest BCUT2D eigenvalue weighted by atomic mass is 10.4. The van der Waals surface area contributed by atoms with Crippen molar-refractivity contribution in [2.24, 2.45) is 0 Å². The van der Waals surface area contributed by atoms with E-state index in [-0.39, 0.29) is 0 Å². The minimum atomic E-state index is 0.333. The minimum absolute atomic E-state index is 0.333. The summed E-state index contributed by atoms with van der Waals surface area (Å²) in [5, 5.41) is 3.66. The van der Waals surface area contributed by atoms with Crippen LogP contribution in [0, 0.1) is 0 Å². The highest BCUT2D eigenvalue weighted by Crippen LogP contribution is 2.13. The first kappa shape index (κ1) is 11.5. The topological polar surface area (TPSA) is 47.0 Å². The summed E-state index contributed by atoms with van der Waals surface area (Å²) >= 11 is 11.4. The Labute approximate surface area is 92.6 Å². The SMILES string of the molecule is COCCCNc1nc(Cl)cc(Cl)n1. The Hall–Kier alpha value is -0.580. The molecule has 0 bridgehead atoms. The van der Waals surface area contributed by atoms with Crippen molar-refractivity contribution < 1.29 is 4.74 Å². The molecule has 78 valence electrons. The smallest absolute Gasteiger partial charge is 0.225 e. The molecule has 0 aliphatic carbocycles. The zero-order chi connectivity index (χ0) is 10.4. The third-order valence-corrected chi connectivity index (χ3v) is 1.86. The van der Waals surface area contributed by atoms with Crippen molar-refractivity contribution >= 4 is 29.2 Å².